The molecule has 1 heterocycles. The minimum absolute atomic E-state index is 0.476. The quantitative estimate of drug-likeness (QED) is 0.877. The second-order valence-electron chi connectivity index (χ2n) is 5.32. The highest BCUT2D eigenvalue weighted by Gasteiger charge is 2.24. The number of benzene rings is 1. The van der Waals surface area contributed by atoms with Crippen LogP contribution >= 0.6 is 15.9 Å². The minimum Gasteiger partial charge on any atom is -0.497 e. The van der Waals surface area contributed by atoms with Gasteiger partial charge in [0.05, 0.1) is 12.8 Å². The summed E-state index contributed by atoms with van der Waals surface area (Å²) in [6, 6.07) is 5.81. The van der Waals surface area contributed by atoms with Crippen molar-refractivity contribution in [2.45, 2.75) is 25.3 Å². The van der Waals surface area contributed by atoms with E-state index >= 15 is 0 Å². The molecule has 1 amide bonds. The fourth-order valence-electron chi connectivity index (χ4n) is 2.77. The highest BCUT2D eigenvalue weighted by molar-refractivity contribution is 9.10. The monoisotopic (exact) mass is 356 g/mol. The molecule has 1 saturated heterocycles. The average molecular weight is 357 g/mol. The lowest BCUT2D eigenvalue weighted by Gasteiger charge is -2.25. The highest BCUT2D eigenvalue weighted by atomic mass is 79.9. The first-order valence-electron chi connectivity index (χ1n) is 7.07. The number of methoxy groups -OCH3 is 1. The van der Waals surface area contributed by atoms with Crippen molar-refractivity contribution >= 4 is 27.7 Å². The van der Waals surface area contributed by atoms with Crippen LogP contribution in [-0.2, 0) is 0 Å². The van der Waals surface area contributed by atoms with Crippen LogP contribution in [0, 0.1) is 0 Å². The van der Waals surface area contributed by atoms with Gasteiger partial charge >= 0.3 is 6.09 Å². The molecule has 5 nitrogen and oxygen atoms in total. The van der Waals surface area contributed by atoms with Gasteiger partial charge in [-0.3, -0.25) is 4.90 Å². The zero-order chi connectivity index (χ0) is 15.4. The van der Waals surface area contributed by atoms with Gasteiger partial charge in [0.2, 0.25) is 0 Å². The van der Waals surface area contributed by atoms with E-state index in [0.29, 0.717) is 24.0 Å². The second kappa shape index (κ2) is 7.13. The molecule has 0 aliphatic carbocycles. The number of hydrogen-bond acceptors (Lipinski definition) is 3. The number of carbonyl (C=O) groups is 1. The summed E-state index contributed by atoms with van der Waals surface area (Å²) in [6.45, 7) is 1.60. The number of ether oxygens (including phenoxy) is 1. The first kappa shape index (κ1) is 16.1. The predicted octanol–water partition coefficient (Wildman–Crippen LogP) is 3.43. The number of rotatable bonds is 5. The van der Waals surface area contributed by atoms with Gasteiger partial charge in [0.15, 0.2) is 0 Å². The molecule has 1 fully saturated rings. The SMILES string of the molecule is COc1ccc(N(CCC2CCCN2C)C(=O)O)c(Br)c1. The third-order valence-corrected chi connectivity index (χ3v) is 4.67. The Morgan fingerprint density at radius 2 is 2.33 bits per heavy atom. The Balaban J connectivity index is 2.10. The number of halogens is 1. The van der Waals surface area contributed by atoms with Crippen LogP contribution in [0.3, 0.4) is 0 Å². The lowest BCUT2D eigenvalue weighted by molar-refractivity contribution is 0.200. The third kappa shape index (κ3) is 3.89. The van der Waals surface area contributed by atoms with E-state index in [1.165, 1.54) is 11.3 Å². The molecule has 21 heavy (non-hydrogen) atoms. The number of likely N-dealkylation sites (tertiary alicyclic amines) is 1. The van der Waals surface area contributed by atoms with Crippen molar-refractivity contribution in [3.8, 4) is 5.75 Å². The molecular weight excluding hydrogens is 336 g/mol. The molecule has 0 aromatic heterocycles. The van der Waals surface area contributed by atoms with Crippen LogP contribution in [0.5, 0.6) is 5.75 Å². The van der Waals surface area contributed by atoms with Crippen LogP contribution in [0.15, 0.2) is 22.7 Å². The van der Waals surface area contributed by atoms with Crippen molar-refractivity contribution < 1.29 is 14.6 Å². The third-order valence-electron chi connectivity index (χ3n) is 4.03. The summed E-state index contributed by atoms with van der Waals surface area (Å²) < 4.78 is 5.87. The standard InChI is InChI=1S/C15H21BrN2O3/c1-17-8-3-4-11(17)7-9-18(15(19)20)14-6-5-12(21-2)10-13(14)16/h5-6,10-11H,3-4,7-9H2,1-2H3,(H,19,20). The fourth-order valence-corrected chi connectivity index (χ4v) is 3.35. The minimum atomic E-state index is -0.929. The van der Waals surface area contributed by atoms with Gasteiger partial charge in [-0.05, 0) is 67.0 Å². The Labute approximate surface area is 133 Å². The Kier molecular flexibility index (Phi) is 5.47. The van der Waals surface area contributed by atoms with Gasteiger partial charge in [-0.25, -0.2) is 4.79 Å². The number of amides is 1. The predicted molar refractivity (Wildman–Crippen MR) is 86.3 cm³/mol. The molecule has 1 atom stereocenters. The van der Waals surface area contributed by atoms with Gasteiger partial charge in [-0.2, -0.15) is 0 Å². The highest BCUT2D eigenvalue weighted by Crippen LogP contribution is 2.31. The van der Waals surface area contributed by atoms with Crippen LogP contribution in [0.25, 0.3) is 0 Å². The van der Waals surface area contributed by atoms with Gasteiger partial charge in [0.25, 0.3) is 0 Å². The second-order valence-corrected chi connectivity index (χ2v) is 6.17. The molecule has 0 bridgehead atoms. The lowest BCUT2D eigenvalue weighted by Crippen LogP contribution is -2.35. The van der Waals surface area contributed by atoms with Crippen molar-refractivity contribution in [2.75, 3.05) is 32.1 Å². The summed E-state index contributed by atoms with van der Waals surface area (Å²) in [7, 11) is 3.69. The lowest BCUT2D eigenvalue weighted by atomic mass is 10.1. The zero-order valence-electron chi connectivity index (χ0n) is 12.4. The summed E-state index contributed by atoms with van der Waals surface area (Å²) in [4.78, 5) is 15.3. The summed E-state index contributed by atoms with van der Waals surface area (Å²) in [6.07, 6.45) is 2.26. The van der Waals surface area contributed by atoms with Crippen LogP contribution in [-0.4, -0.2) is 49.4 Å². The molecule has 1 aliphatic rings. The van der Waals surface area contributed by atoms with Crippen LogP contribution in [0.2, 0.25) is 0 Å². The Morgan fingerprint density at radius 1 is 1.57 bits per heavy atom. The van der Waals surface area contributed by atoms with Gasteiger partial charge in [0, 0.05) is 17.1 Å². The Bertz CT molecular complexity index is 510. The normalized spacial score (nSPS) is 18.7. The largest absolute Gasteiger partial charge is 0.497 e. The molecule has 2 rings (SSSR count). The molecule has 1 N–H and O–H groups in total. The number of anilines is 1. The number of nitrogens with zero attached hydrogens (tertiary/aromatic N) is 2. The summed E-state index contributed by atoms with van der Waals surface area (Å²) in [5, 5.41) is 9.48. The summed E-state index contributed by atoms with van der Waals surface area (Å²) in [5.74, 6) is 0.700. The number of hydrogen-bond donors (Lipinski definition) is 1. The molecule has 1 aromatic carbocycles. The van der Waals surface area contributed by atoms with Crippen molar-refractivity contribution in [2.24, 2.45) is 0 Å². The van der Waals surface area contributed by atoms with E-state index in [0.717, 1.165) is 23.9 Å². The van der Waals surface area contributed by atoms with E-state index < -0.39 is 6.09 Å². The van der Waals surface area contributed by atoms with E-state index in [4.69, 9.17) is 4.74 Å². The Hall–Kier alpha value is -1.27. The molecule has 0 radical (unpaired) electrons. The van der Waals surface area contributed by atoms with E-state index in [2.05, 4.69) is 27.9 Å². The maximum Gasteiger partial charge on any atom is 0.411 e. The van der Waals surface area contributed by atoms with Gasteiger partial charge in [0.1, 0.15) is 5.75 Å². The van der Waals surface area contributed by atoms with Crippen molar-refractivity contribution in [1.29, 1.82) is 0 Å². The molecule has 6 heteroatoms. The van der Waals surface area contributed by atoms with Gasteiger partial charge in [-0.15, -0.1) is 0 Å². The van der Waals surface area contributed by atoms with E-state index in [1.54, 1.807) is 25.3 Å². The topological polar surface area (TPSA) is 53.0 Å². The first-order valence-corrected chi connectivity index (χ1v) is 7.86. The van der Waals surface area contributed by atoms with Gasteiger partial charge in [-0.1, -0.05) is 0 Å². The van der Waals surface area contributed by atoms with Crippen LogP contribution < -0.4 is 9.64 Å². The molecule has 0 spiro atoms. The zero-order valence-corrected chi connectivity index (χ0v) is 14.0. The summed E-state index contributed by atoms with van der Waals surface area (Å²) in [5.41, 5.74) is 0.656. The number of carboxylic acid groups (broad SMARTS) is 1. The molecule has 1 aliphatic heterocycles. The fraction of sp³-hybridized carbons (Fsp3) is 0.533. The van der Waals surface area contributed by atoms with E-state index in [1.807, 2.05) is 0 Å². The van der Waals surface area contributed by atoms with E-state index in [9.17, 15) is 9.90 Å². The van der Waals surface area contributed by atoms with Crippen molar-refractivity contribution in [3.63, 3.8) is 0 Å². The van der Waals surface area contributed by atoms with Crippen molar-refractivity contribution in [1.82, 2.24) is 4.90 Å². The molecular formula is C15H21BrN2O3. The summed E-state index contributed by atoms with van der Waals surface area (Å²) >= 11 is 3.43. The first-order chi connectivity index (χ1) is 10.0. The van der Waals surface area contributed by atoms with Crippen molar-refractivity contribution in [3.05, 3.63) is 22.7 Å². The Morgan fingerprint density at radius 3 is 2.86 bits per heavy atom. The van der Waals surface area contributed by atoms with Gasteiger partial charge < -0.3 is 14.7 Å². The average Bonchev–Trinajstić information content (AvgIpc) is 2.85. The van der Waals surface area contributed by atoms with Crippen LogP contribution in [0.4, 0.5) is 10.5 Å². The molecule has 0 saturated carbocycles. The maximum absolute atomic E-state index is 11.6. The molecule has 116 valence electrons. The smallest absolute Gasteiger partial charge is 0.411 e. The maximum atomic E-state index is 11.6. The molecule has 1 unspecified atom stereocenters. The van der Waals surface area contributed by atoms with E-state index in [-0.39, 0.29) is 0 Å². The van der Waals surface area contributed by atoms with Crippen LogP contribution in [0.1, 0.15) is 19.3 Å². The molecule has 1 aromatic rings.